The average molecular weight is 309 g/mol. The van der Waals surface area contributed by atoms with Crippen LogP contribution in [0, 0.1) is 19.8 Å². The standard InChI is InChI=1S/C17H27NO2S/c1-12-5-4-6-15(9-12)21(19,20)11-17(18)16-10-13(2)7-8-14(16)3/h7-8,10,12,15,17H,4-6,9,11,18H2,1-3H3. The Morgan fingerprint density at radius 1 is 1.29 bits per heavy atom. The van der Waals surface area contributed by atoms with Gasteiger partial charge in [-0.1, -0.05) is 43.5 Å². The molecule has 2 N–H and O–H groups in total. The Bertz CT molecular complexity index is 595. The largest absolute Gasteiger partial charge is 0.323 e. The van der Waals surface area contributed by atoms with Crippen LogP contribution in [0.4, 0.5) is 0 Å². The molecule has 1 saturated carbocycles. The van der Waals surface area contributed by atoms with Gasteiger partial charge in [-0.3, -0.25) is 0 Å². The molecule has 0 aromatic heterocycles. The number of hydrogen-bond donors (Lipinski definition) is 1. The average Bonchev–Trinajstić information content (AvgIpc) is 2.41. The van der Waals surface area contributed by atoms with Crippen molar-refractivity contribution in [3.05, 3.63) is 34.9 Å². The molecule has 0 aliphatic heterocycles. The van der Waals surface area contributed by atoms with Crippen LogP contribution in [0.1, 0.15) is 55.3 Å². The molecule has 0 amide bonds. The Labute approximate surface area is 128 Å². The molecule has 1 aromatic rings. The number of rotatable bonds is 4. The van der Waals surface area contributed by atoms with Gasteiger partial charge in [0.25, 0.3) is 0 Å². The fourth-order valence-corrected chi connectivity index (χ4v) is 5.44. The Kier molecular flexibility index (Phi) is 5.10. The van der Waals surface area contributed by atoms with Gasteiger partial charge in [0.05, 0.1) is 11.0 Å². The molecule has 1 aliphatic rings. The summed E-state index contributed by atoms with van der Waals surface area (Å²) in [7, 11) is -3.12. The molecular formula is C17H27NO2S. The number of aryl methyl sites for hydroxylation is 2. The lowest BCUT2D eigenvalue weighted by atomic mass is 9.91. The van der Waals surface area contributed by atoms with E-state index in [1.807, 2.05) is 32.0 Å². The Morgan fingerprint density at radius 3 is 2.67 bits per heavy atom. The van der Waals surface area contributed by atoms with Gasteiger partial charge in [-0.15, -0.1) is 0 Å². The zero-order valence-corrected chi connectivity index (χ0v) is 14.1. The Hall–Kier alpha value is -0.870. The number of sulfone groups is 1. The maximum atomic E-state index is 12.6. The third-order valence-electron chi connectivity index (χ3n) is 4.64. The third-order valence-corrected chi connectivity index (χ3v) is 6.91. The second-order valence-corrected chi connectivity index (χ2v) is 9.02. The highest BCUT2D eigenvalue weighted by atomic mass is 32.2. The summed E-state index contributed by atoms with van der Waals surface area (Å²) < 4.78 is 25.3. The van der Waals surface area contributed by atoms with E-state index in [1.54, 1.807) is 0 Å². The van der Waals surface area contributed by atoms with Crippen molar-refractivity contribution in [3.63, 3.8) is 0 Å². The van der Waals surface area contributed by atoms with E-state index in [9.17, 15) is 8.42 Å². The van der Waals surface area contributed by atoms with E-state index < -0.39 is 15.9 Å². The maximum absolute atomic E-state index is 12.6. The zero-order chi connectivity index (χ0) is 15.6. The molecule has 1 aliphatic carbocycles. The van der Waals surface area contributed by atoms with Crippen LogP contribution in [0.5, 0.6) is 0 Å². The summed E-state index contributed by atoms with van der Waals surface area (Å²) in [6.45, 7) is 6.14. The summed E-state index contributed by atoms with van der Waals surface area (Å²) in [6, 6.07) is 5.63. The normalized spacial score (nSPS) is 24.8. The summed E-state index contributed by atoms with van der Waals surface area (Å²) in [5, 5.41) is -0.197. The van der Waals surface area contributed by atoms with Crippen molar-refractivity contribution in [2.75, 3.05) is 5.75 Å². The van der Waals surface area contributed by atoms with Gasteiger partial charge in [-0.05, 0) is 43.7 Å². The van der Waals surface area contributed by atoms with Crippen LogP contribution in [-0.4, -0.2) is 19.4 Å². The van der Waals surface area contributed by atoms with Gasteiger partial charge >= 0.3 is 0 Å². The molecule has 4 heteroatoms. The van der Waals surface area contributed by atoms with E-state index in [1.165, 1.54) is 0 Å². The van der Waals surface area contributed by atoms with Gasteiger partial charge in [0.1, 0.15) is 0 Å². The van der Waals surface area contributed by atoms with Crippen molar-refractivity contribution in [2.24, 2.45) is 11.7 Å². The summed E-state index contributed by atoms with van der Waals surface area (Å²) in [5.74, 6) is 0.574. The molecule has 1 fully saturated rings. The van der Waals surface area contributed by atoms with Crippen LogP contribution >= 0.6 is 0 Å². The topological polar surface area (TPSA) is 60.2 Å². The molecule has 0 radical (unpaired) electrons. The van der Waals surface area contributed by atoms with Crippen LogP contribution in [-0.2, 0) is 9.84 Å². The highest BCUT2D eigenvalue weighted by Gasteiger charge is 2.31. The van der Waals surface area contributed by atoms with E-state index in [0.29, 0.717) is 5.92 Å². The maximum Gasteiger partial charge on any atom is 0.155 e. The minimum atomic E-state index is -3.12. The van der Waals surface area contributed by atoms with E-state index in [2.05, 4.69) is 6.92 Å². The number of nitrogens with two attached hydrogens (primary N) is 1. The first kappa shape index (κ1) is 16.5. The van der Waals surface area contributed by atoms with Crippen molar-refractivity contribution < 1.29 is 8.42 Å². The molecule has 21 heavy (non-hydrogen) atoms. The van der Waals surface area contributed by atoms with E-state index in [0.717, 1.165) is 42.4 Å². The minimum Gasteiger partial charge on any atom is -0.323 e. The molecule has 118 valence electrons. The second kappa shape index (κ2) is 6.49. The smallest absolute Gasteiger partial charge is 0.155 e. The van der Waals surface area contributed by atoms with Crippen LogP contribution in [0.25, 0.3) is 0 Å². The molecule has 0 spiro atoms. The molecule has 2 rings (SSSR count). The summed E-state index contributed by atoms with van der Waals surface area (Å²) in [5.41, 5.74) is 9.36. The van der Waals surface area contributed by atoms with Crippen LogP contribution in [0.3, 0.4) is 0 Å². The summed E-state index contributed by atoms with van der Waals surface area (Å²) in [6.07, 6.45) is 3.76. The lowest BCUT2D eigenvalue weighted by Gasteiger charge is -2.27. The van der Waals surface area contributed by atoms with Crippen molar-refractivity contribution in [3.8, 4) is 0 Å². The first-order chi connectivity index (χ1) is 9.79. The molecular weight excluding hydrogens is 282 g/mol. The lowest BCUT2D eigenvalue weighted by Crippen LogP contribution is -2.33. The first-order valence-corrected chi connectivity index (χ1v) is 9.55. The molecule has 1 aromatic carbocycles. The SMILES string of the molecule is Cc1ccc(C)c(C(N)CS(=O)(=O)C2CCCC(C)C2)c1. The third kappa shape index (κ3) is 4.07. The lowest BCUT2D eigenvalue weighted by molar-refractivity contribution is 0.381. The van der Waals surface area contributed by atoms with Crippen LogP contribution in [0.15, 0.2) is 18.2 Å². The van der Waals surface area contributed by atoms with E-state index >= 15 is 0 Å². The zero-order valence-electron chi connectivity index (χ0n) is 13.3. The van der Waals surface area contributed by atoms with Gasteiger partial charge in [0.15, 0.2) is 9.84 Å². The highest BCUT2D eigenvalue weighted by Crippen LogP contribution is 2.30. The van der Waals surface area contributed by atoms with Crippen molar-refractivity contribution in [1.29, 1.82) is 0 Å². The predicted molar refractivity (Wildman–Crippen MR) is 88.1 cm³/mol. The fourth-order valence-electron chi connectivity index (χ4n) is 3.34. The van der Waals surface area contributed by atoms with Gasteiger partial charge in [0.2, 0.25) is 0 Å². The second-order valence-electron chi connectivity index (χ2n) is 6.69. The molecule has 3 nitrogen and oxygen atoms in total. The van der Waals surface area contributed by atoms with E-state index in [4.69, 9.17) is 5.73 Å². The number of hydrogen-bond acceptors (Lipinski definition) is 3. The monoisotopic (exact) mass is 309 g/mol. The molecule has 0 bridgehead atoms. The van der Waals surface area contributed by atoms with Crippen LogP contribution < -0.4 is 5.73 Å². The van der Waals surface area contributed by atoms with Gasteiger partial charge < -0.3 is 5.73 Å². The quantitative estimate of drug-likeness (QED) is 0.928. The van der Waals surface area contributed by atoms with Crippen LogP contribution in [0.2, 0.25) is 0 Å². The minimum absolute atomic E-state index is 0.0642. The number of benzene rings is 1. The highest BCUT2D eigenvalue weighted by molar-refractivity contribution is 7.92. The van der Waals surface area contributed by atoms with Gasteiger partial charge in [-0.2, -0.15) is 0 Å². The fraction of sp³-hybridized carbons (Fsp3) is 0.647. The molecule has 3 unspecified atom stereocenters. The van der Waals surface area contributed by atoms with Crippen molar-refractivity contribution >= 4 is 9.84 Å². The predicted octanol–water partition coefficient (Wildman–Crippen LogP) is 3.30. The molecule has 0 heterocycles. The Balaban J connectivity index is 2.14. The summed E-state index contributed by atoms with van der Waals surface area (Å²) in [4.78, 5) is 0. The molecule has 0 saturated heterocycles. The van der Waals surface area contributed by atoms with E-state index in [-0.39, 0.29) is 11.0 Å². The molecule has 3 atom stereocenters. The van der Waals surface area contributed by atoms with Gasteiger partial charge in [-0.25, -0.2) is 8.42 Å². The summed E-state index contributed by atoms with van der Waals surface area (Å²) >= 11 is 0. The van der Waals surface area contributed by atoms with Crippen molar-refractivity contribution in [1.82, 2.24) is 0 Å². The van der Waals surface area contributed by atoms with Crippen molar-refractivity contribution in [2.45, 2.75) is 57.7 Å². The van der Waals surface area contributed by atoms with Gasteiger partial charge in [0, 0.05) is 6.04 Å². The first-order valence-electron chi connectivity index (χ1n) is 7.84. The Morgan fingerprint density at radius 2 is 2.00 bits per heavy atom.